The number of anilines is 1. The van der Waals surface area contributed by atoms with Crippen LogP contribution in [0.5, 0.6) is 0 Å². The summed E-state index contributed by atoms with van der Waals surface area (Å²) in [4.78, 5) is 19.1. The van der Waals surface area contributed by atoms with Gasteiger partial charge in [0.1, 0.15) is 15.7 Å². The van der Waals surface area contributed by atoms with Gasteiger partial charge in [-0.05, 0) is 39.2 Å². The Labute approximate surface area is 121 Å². The van der Waals surface area contributed by atoms with E-state index >= 15 is 0 Å². The molecule has 2 aromatic rings. The number of thiazole rings is 1. The molecule has 0 radical (unpaired) electrons. The molecular formula is C14H16FN3OS. The van der Waals surface area contributed by atoms with Crippen molar-refractivity contribution in [2.24, 2.45) is 0 Å². The monoisotopic (exact) mass is 293 g/mol. The van der Waals surface area contributed by atoms with E-state index in [9.17, 15) is 9.18 Å². The van der Waals surface area contributed by atoms with Crippen molar-refractivity contribution in [2.75, 3.05) is 19.4 Å². The number of nitrogens with one attached hydrogen (secondary N) is 1. The van der Waals surface area contributed by atoms with Crippen LogP contribution in [0.3, 0.4) is 0 Å². The quantitative estimate of drug-likeness (QED) is 0.942. The van der Waals surface area contributed by atoms with Gasteiger partial charge in [-0.2, -0.15) is 0 Å². The van der Waals surface area contributed by atoms with Gasteiger partial charge in [-0.1, -0.05) is 6.07 Å². The first-order valence-corrected chi connectivity index (χ1v) is 6.95. The summed E-state index contributed by atoms with van der Waals surface area (Å²) < 4.78 is 13.1. The molecule has 1 aromatic carbocycles. The van der Waals surface area contributed by atoms with E-state index in [2.05, 4.69) is 10.3 Å². The number of benzene rings is 1. The van der Waals surface area contributed by atoms with Crippen molar-refractivity contribution in [3.8, 4) is 0 Å². The van der Waals surface area contributed by atoms with E-state index in [-0.39, 0.29) is 11.7 Å². The van der Waals surface area contributed by atoms with Crippen LogP contribution in [0.4, 0.5) is 10.1 Å². The van der Waals surface area contributed by atoms with E-state index in [1.54, 1.807) is 19.1 Å². The lowest BCUT2D eigenvalue weighted by Gasteiger charge is -2.05. The minimum absolute atomic E-state index is 0.254. The molecule has 2 rings (SSSR count). The number of rotatable bonds is 4. The maximum atomic E-state index is 13.1. The van der Waals surface area contributed by atoms with E-state index in [0.717, 1.165) is 5.01 Å². The Morgan fingerprint density at radius 1 is 1.45 bits per heavy atom. The number of aryl methyl sites for hydroxylation is 1. The second kappa shape index (κ2) is 6.11. The zero-order chi connectivity index (χ0) is 14.7. The lowest BCUT2D eigenvalue weighted by molar-refractivity contribution is 0.103. The number of carbonyl (C=O) groups excluding carboxylic acids is 1. The van der Waals surface area contributed by atoms with E-state index in [0.29, 0.717) is 22.8 Å². The predicted octanol–water partition coefficient (Wildman–Crippen LogP) is 2.90. The number of aromatic nitrogens is 1. The van der Waals surface area contributed by atoms with E-state index in [1.165, 1.54) is 23.5 Å². The second-order valence-corrected chi connectivity index (χ2v) is 5.81. The van der Waals surface area contributed by atoms with Crippen LogP contribution >= 0.6 is 11.3 Å². The van der Waals surface area contributed by atoms with Crippen molar-refractivity contribution in [3.05, 3.63) is 45.7 Å². The Kier molecular flexibility index (Phi) is 4.46. The summed E-state index contributed by atoms with van der Waals surface area (Å²) in [5.41, 5.74) is 1.14. The zero-order valence-corrected chi connectivity index (χ0v) is 12.4. The first kappa shape index (κ1) is 14.6. The van der Waals surface area contributed by atoms with Crippen molar-refractivity contribution >= 4 is 22.9 Å². The van der Waals surface area contributed by atoms with Crippen molar-refractivity contribution in [3.63, 3.8) is 0 Å². The molecule has 0 spiro atoms. The Balaban J connectivity index is 2.15. The number of halogens is 1. The summed E-state index contributed by atoms with van der Waals surface area (Å²) in [6.45, 7) is 2.49. The van der Waals surface area contributed by atoms with Gasteiger partial charge in [0.2, 0.25) is 0 Å². The highest BCUT2D eigenvalue weighted by molar-refractivity contribution is 7.13. The van der Waals surface area contributed by atoms with Crippen LogP contribution in [0.15, 0.2) is 24.3 Å². The predicted molar refractivity (Wildman–Crippen MR) is 78.6 cm³/mol. The van der Waals surface area contributed by atoms with Crippen LogP contribution < -0.4 is 5.32 Å². The van der Waals surface area contributed by atoms with Gasteiger partial charge in [-0.15, -0.1) is 11.3 Å². The van der Waals surface area contributed by atoms with Gasteiger partial charge in [0.25, 0.3) is 5.91 Å². The smallest absolute Gasteiger partial charge is 0.267 e. The topological polar surface area (TPSA) is 45.2 Å². The molecular weight excluding hydrogens is 277 g/mol. The molecule has 0 aliphatic carbocycles. The molecule has 1 N–H and O–H groups in total. The SMILES string of the molecule is Cc1nc(CN(C)C)sc1C(=O)Nc1cccc(F)c1. The molecule has 4 nitrogen and oxygen atoms in total. The minimum atomic E-state index is -0.378. The first-order valence-electron chi connectivity index (χ1n) is 6.13. The molecule has 0 atom stereocenters. The summed E-state index contributed by atoms with van der Waals surface area (Å²) in [5, 5.41) is 3.57. The molecule has 20 heavy (non-hydrogen) atoms. The number of hydrogen-bond donors (Lipinski definition) is 1. The molecule has 0 aliphatic rings. The van der Waals surface area contributed by atoms with Crippen LogP contribution in [0.2, 0.25) is 0 Å². The van der Waals surface area contributed by atoms with Gasteiger partial charge >= 0.3 is 0 Å². The molecule has 0 saturated heterocycles. The molecule has 1 aromatic heterocycles. The summed E-state index contributed by atoms with van der Waals surface area (Å²) >= 11 is 1.36. The average molecular weight is 293 g/mol. The molecule has 0 fully saturated rings. The normalized spacial score (nSPS) is 10.8. The molecule has 0 bridgehead atoms. The van der Waals surface area contributed by atoms with Gasteiger partial charge < -0.3 is 10.2 Å². The molecule has 6 heteroatoms. The van der Waals surface area contributed by atoms with Crippen LogP contribution in [-0.4, -0.2) is 29.9 Å². The van der Waals surface area contributed by atoms with E-state index < -0.39 is 0 Å². The highest BCUT2D eigenvalue weighted by Gasteiger charge is 2.15. The Hall–Kier alpha value is -1.79. The molecule has 0 unspecified atom stereocenters. The third kappa shape index (κ3) is 3.61. The van der Waals surface area contributed by atoms with Gasteiger partial charge in [0.15, 0.2) is 0 Å². The number of nitrogens with zero attached hydrogens (tertiary/aromatic N) is 2. The molecule has 0 aliphatic heterocycles. The van der Waals surface area contributed by atoms with Crippen molar-refractivity contribution in [1.29, 1.82) is 0 Å². The third-order valence-electron chi connectivity index (χ3n) is 2.58. The Bertz CT molecular complexity index is 625. The van der Waals surface area contributed by atoms with Crippen molar-refractivity contribution in [1.82, 2.24) is 9.88 Å². The van der Waals surface area contributed by atoms with Gasteiger partial charge in [-0.3, -0.25) is 4.79 Å². The largest absolute Gasteiger partial charge is 0.321 e. The number of carbonyl (C=O) groups is 1. The fourth-order valence-corrected chi connectivity index (χ4v) is 2.83. The van der Waals surface area contributed by atoms with E-state index in [1.807, 2.05) is 19.0 Å². The molecule has 1 heterocycles. The molecule has 106 valence electrons. The lowest BCUT2D eigenvalue weighted by Crippen LogP contribution is -2.11. The van der Waals surface area contributed by atoms with Crippen LogP contribution in [0.1, 0.15) is 20.4 Å². The Morgan fingerprint density at radius 3 is 2.85 bits per heavy atom. The van der Waals surface area contributed by atoms with Crippen molar-refractivity contribution in [2.45, 2.75) is 13.5 Å². The van der Waals surface area contributed by atoms with Gasteiger partial charge in [-0.25, -0.2) is 9.37 Å². The third-order valence-corrected chi connectivity index (χ3v) is 3.72. The summed E-state index contributed by atoms with van der Waals surface area (Å²) in [6.07, 6.45) is 0. The minimum Gasteiger partial charge on any atom is -0.321 e. The van der Waals surface area contributed by atoms with Crippen LogP contribution in [0, 0.1) is 12.7 Å². The fraction of sp³-hybridized carbons (Fsp3) is 0.286. The van der Waals surface area contributed by atoms with E-state index in [4.69, 9.17) is 0 Å². The van der Waals surface area contributed by atoms with Crippen LogP contribution in [-0.2, 0) is 6.54 Å². The summed E-state index contributed by atoms with van der Waals surface area (Å²) in [5.74, 6) is -0.632. The average Bonchev–Trinajstić information content (AvgIpc) is 2.69. The maximum Gasteiger partial charge on any atom is 0.267 e. The van der Waals surface area contributed by atoms with Gasteiger partial charge in [0, 0.05) is 12.2 Å². The van der Waals surface area contributed by atoms with Crippen molar-refractivity contribution < 1.29 is 9.18 Å². The number of hydrogen-bond acceptors (Lipinski definition) is 4. The Morgan fingerprint density at radius 2 is 2.20 bits per heavy atom. The van der Waals surface area contributed by atoms with Gasteiger partial charge in [0.05, 0.1) is 5.69 Å². The summed E-state index contributed by atoms with van der Waals surface area (Å²) in [6, 6.07) is 5.83. The fourth-order valence-electron chi connectivity index (χ4n) is 1.76. The number of amides is 1. The van der Waals surface area contributed by atoms with Crippen LogP contribution in [0.25, 0.3) is 0 Å². The highest BCUT2D eigenvalue weighted by Crippen LogP contribution is 2.21. The zero-order valence-electron chi connectivity index (χ0n) is 11.6. The molecule has 0 saturated carbocycles. The lowest BCUT2D eigenvalue weighted by atomic mass is 10.3. The first-order chi connectivity index (χ1) is 9.45. The maximum absolute atomic E-state index is 13.1. The summed E-state index contributed by atoms with van der Waals surface area (Å²) in [7, 11) is 3.90. The standard InChI is InChI=1S/C14H16FN3OS/c1-9-13(20-12(16-9)8-18(2)3)14(19)17-11-6-4-5-10(15)7-11/h4-7H,8H2,1-3H3,(H,17,19). The molecule has 1 amide bonds. The highest BCUT2D eigenvalue weighted by atomic mass is 32.1. The second-order valence-electron chi connectivity index (χ2n) is 4.72.